The molecule has 3 aliphatic rings. The van der Waals surface area contributed by atoms with Crippen LogP contribution in [0.1, 0.15) is 30.4 Å². The molecule has 2 N–H and O–H groups in total. The lowest BCUT2D eigenvalue weighted by atomic mass is 9.99. The number of ether oxygens (including phenoxy) is 1. The molecule has 3 heterocycles. The predicted molar refractivity (Wildman–Crippen MR) is 91.4 cm³/mol. The number of nitrogens with one attached hydrogen (secondary N) is 2. The van der Waals surface area contributed by atoms with Crippen molar-refractivity contribution in [2.45, 2.75) is 38.2 Å². The summed E-state index contributed by atoms with van der Waals surface area (Å²) in [5, 5.41) is 5.27. The second-order valence-electron chi connectivity index (χ2n) is 6.77. The maximum atomic E-state index is 12.1. The summed E-state index contributed by atoms with van der Waals surface area (Å²) in [6.07, 6.45) is 4.04. The third kappa shape index (κ3) is 3.11. The van der Waals surface area contributed by atoms with E-state index in [4.69, 9.17) is 4.74 Å². The van der Waals surface area contributed by atoms with Crippen LogP contribution in [0.4, 0.5) is 11.4 Å². The highest BCUT2D eigenvalue weighted by Crippen LogP contribution is 2.38. The minimum absolute atomic E-state index is 0.00167. The molecule has 0 saturated carbocycles. The molecule has 3 amide bonds. The number of rotatable bonds is 3. The number of aryl methyl sites for hydroxylation is 1. The van der Waals surface area contributed by atoms with Crippen molar-refractivity contribution in [3.05, 3.63) is 23.3 Å². The Kier molecular flexibility index (Phi) is 4.17. The van der Waals surface area contributed by atoms with Crippen molar-refractivity contribution in [2.24, 2.45) is 0 Å². The Morgan fingerprint density at radius 2 is 2.04 bits per heavy atom. The zero-order valence-corrected chi connectivity index (χ0v) is 14.0. The molecule has 7 heteroatoms. The van der Waals surface area contributed by atoms with Gasteiger partial charge in [0.15, 0.2) is 0 Å². The van der Waals surface area contributed by atoms with Crippen LogP contribution in [-0.4, -0.2) is 43.5 Å². The topological polar surface area (TPSA) is 87.7 Å². The third-order valence-electron chi connectivity index (χ3n) is 4.99. The Bertz CT molecular complexity index is 740. The fourth-order valence-corrected chi connectivity index (χ4v) is 3.83. The van der Waals surface area contributed by atoms with Crippen molar-refractivity contribution in [1.82, 2.24) is 5.32 Å². The zero-order chi connectivity index (χ0) is 17.4. The molecule has 0 aromatic heterocycles. The van der Waals surface area contributed by atoms with Gasteiger partial charge >= 0.3 is 11.8 Å². The minimum Gasteiger partial charge on any atom is -0.376 e. The average Bonchev–Trinajstić information content (AvgIpc) is 3.22. The summed E-state index contributed by atoms with van der Waals surface area (Å²) >= 11 is 0. The molecule has 1 aromatic rings. The first-order valence-electron chi connectivity index (χ1n) is 8.79. The van der Waals surface area contributed by atoms with E-state index in [9.17, 15) is 14.4 Å². The van der Waals surface area contributed by atoms with E-state index in [-0.39, 0.29) is 12.0 Å². The molecule has 1 saturated heterocycles. The first kappa shape index (κ1) is 16.1. The van der Waals surface area contributed by atoms with E-state index in [1.165, 1.54) is 0 Å². The van der Waals surface area contributed by atoms with Crippen molar-refractivity contribution in [2.75, 3.05) is 29.9 Å². The fraction of sp³-hybridized carbons (Fsp3) is 0.500. The molecule has 1 fully saturated rings. The number of hydrogen-bond donors (Lipinski definition) is 2. The van der Waals surface area contributed by atoms with E-state index in [2.05, 4.69) is 10.6 Å². The highest BCUT2D eigenvalue weighted by Gasteiger charge is 2.32. The molecule has 0 bridgehead atoms. The van der Waals surface area contributed by atoms with E-state index in [1.54, 1.807) is 6.07 Å². The summed E-state index contributed by atoms with van der Waals surface area (Å²) < 4.78 is 5.43. The van der Waals surface area contributed by atoms with Crippen LogP contribution < -0.4 is 15.5 Å². The van der Waals surface area contributed by atoms with Gasteiger partial charge in [0.25, 0.3) is 0 Å². The molecular weight excluding hydrogens is 322 g/mol. The normalized spacial score (nSPS) is 21.2. The van der Waals surface area contributed by atoms with Crippen LogP contribution in [0.3, 0.4) is 0 Å². The molecule has 1 atom stereocenters. The predicted octanol–water partition coefficient (Wildman–Crippen LogP) is 0.756. The van der Waals surface area contributed by atoms with Crippen molar-refractivity contribution in [3.63, 3.8) is 0 Å². The first-order chi connectivity index (χ1) is 12.1. The lowest BCUT2D eigenvalue weighted by Crippen LogP contribution is -2.39. The Balaban J connectivity index is 1.42. The van der Waals surface area contributed by atoms with Crippen LogP contribution in [-0.2, 0) is 32.0 Å². The van der Waals surface area contributed by atoms with E-state index < -0.39 is 11.8 Å². The van der Waals surface area contributed by atoms with Gasteiger partial charge in [-0.3, -0.25) is 14.4 Å². The number of carbonyl (C=O) groups excluding carboxylic acids is 3. The van der Waals surface area contributed by atoms with Crippen molar-refractivity contribution >= 4 is 29.1 Å². The van der Waals surface area contributed by atoms with Crippen molar-refractivity contribution < 1.29 is 19.1 Å². The van der Waals surface area contributed by atoms with Crippen LogP contribution >= 0.6 is 0 Å². The monoisotopic (exact) mass is 343 g/mol. The van der Waals surface area contributed by atoms with Gasteiger partial charge in [0.2, 0.25) is 5.91 Å². The SMILES string of the molecule is O=C(NC[C@@H]1CCCO1)C(=O)Nc1cc2c3c(c1)CC(=O)N3CCC2. The third-order valence-corrected chi connectivity index (χ3v) is 4.99. The van der Waals surface area contributed by atoms with Crippen LogP contribution in [0.25, 0.3) is 0 Å². The summed E-state index contributed by atoms with van der Waals surface area (Å²) in [5.74, 6) is -1.25. The Labute approximate surface area is 145 Å². The molecule has 0 radical (unpaired) electrons. The summed E-state index contributed by atoms with van der Waals surface area (Å²) in [7, 11) is 0. The quantitative estimate of drug-likeness (QED) is 0.793. The number of hydrogen-bond acceptors (Lipinski definition) is 4. The highest BCUT2D eigenvalue weighted by atomic mass is 16.5. The number of carbonyl (C=O) groups is 3. The van der Waals surface area contributed by atoms with E-state index in [0.717, 1.165) is 49.0 Å². The zero-order valence-electron chi connectivity index (χ0n) is 14.0. The second kappa shape index (κ2) is 6.48. The van der Waals surface area contributed by atoms with E-state index >= 15 is 0 Å². The Morgan fingerprint density at radius 1 is 1.20 bits per heavy atom. The molecule has 0 unspecified atom stereocenters. The van der Waals surface area contributed by atoms with Gasteiger partial charge in [0.05, 0.1) is 18.2 Å². The smallest absolute Gasteiger partial charge is 0.313 e. The van der Waals surface area contributed by atoms with Crippen molar-refractivity contribution in [3.8, 4) is 0 Å². The first-order valence-corrected chi connectivity index (χ1v) is 8.79. The van der Waals surface area contributed by atoms with Gasteiger partial charge in [0, 0.05) is 25.4 Å². The largest absolute Gasteiger partial charge is 0.376 e. The summed E-state index contributed by atoms with van der Waals surface area (Å²) in [4.78, 5) is 38.0. The minimum atomic E-state index is -0.692. The molecule has 3 aliphatic heterocycles. The number of nitrogens with zero attached hydrogens (tertiary/aromatic N) is 1. The average molecular weight is 343 g/mol. The molecule has 0 spiro atoms. The maximum absolute atomic E-state index is 12.1. The van der Waals surface area contributed by atoms with Gasteiger partial charge in [-0.25, -0.2) is 0 Å². The molecule has 4 rings (SSSR count). The van der Waals surface area contributed by atoms with Crippen LogP contribution in [0.5, 0.6) is 0 Å². The summed E-state index contributed by atoms with van der Waals surface area (Å²) in [5.41, 5.74) is 3.56. The van der Waals surface area contributed by atoms with Crippen LogP contribution in [0.2, 0.25) is 0 Å². The fourth-order valence-electron chi connectivity index (χ4n) is 3.83. The number of amides is 3. The van der Waals surface area contributed by atoms with Crippen molar-refractivity contribution in [1.29, 1.82) is 0 Å². The van der Waals surface area contributed by atoms with Gasteiger partial charge in [-0.1, -0.05) is 0 Å². The molecule has 25 heavy (non-hydrogen) atoms. The molecular formula is C18H21N3O4. The standard InChI is InChI=1S/C18H21N3O4/c22-15-9-12-8-13(7-11-3-1-5-21(15)16(11)12)20-18(24)17(23)19-10-14-4-2-6-25-14/h7-8,14H,1-6,9-10H2,(H,19,23)(H,20,24)/t14-/m0/s1. The number of anilines is 2. The molecule has 132 valence electrons. The second-order valence-corrected chi connectivity index (χ2v) is 6.77. The van der Waals surface area contributed by atoms with Gasteiger partial charge < -0.3 is 20.3 Å². The van der Waals surface area contributed by atoms with Gasteiger partial charge in [-0.15, -0.1) is 0 Å². The van der Waals surface area contributed by atoms with Gasteiger partial charge in [-0.2, -0.15) is 0 Å². The Hall–Kier alpha value is -2.41. The van der Waals surface area contributed by atoms with Gasteiger partial charge in [-0.05, 0) is 48.9 Å². The van der Waals surface area contributed by atoms with Crippen LogP contribution in [0, 0.1) is 0 Å². The van der Waals surface area contributed by atoms with Gasteiger partial charge in [0.1, 0.15) is 0 Å². The highest BCUT2D eigenvalue weighted by molar-refractivity contribution is 6.39. The van der Waals surface area contributed by atoms with E-state index in [1.807, 2.05) is 11.0 Å². The lowest BCUT2D eigenvalue weighted by molar-refractivity contribution is -0.136. The summed E-state index contributed by atoms with van der Waals surface area (Å²) in [6.45, 7) is 1.82. The van der Waals surface area contributed by atoms with E-state index in [0.29, 0.717) is 25.3 Å². The van der Waals surface area contributed by atoms with Crippen LogP contribution in [0.15, 0.2) is 12.1 Å². The molecule has 7 nitrogen and oxygen atoms in total. The molecule has 0 aliphatic carbocycles. The molecule has 1 aromatic carbocycles. The number of benzene rings is 1. The lowest BCUT2D eigenvalue weighted by Gasteiger charge is -2.26. The Morgan fingerprint density at radius 3 is 2.84 bits per heavy atom. The maximum Gasteiger partial charge on any atom is 0.313 e. The summed E-state index contributed by atoms with van der Waals surface area (Å²) in [6, 6.07) is 3.67.